The number of rotatable bonds is 11. The molecule has 0 aromatic heterocycles. The summed E-state index contributed by atoms with van der Waals surface area (Å²) >= 11 is 0. The van der Waals surface area contributed by atoms with E-state index in [1.807, 2.05) is 18.3 Å². The molecular formula is C31H41NO11. The van der Waals surface area contributed by atoms with Gasteiger partial charge in [0.2, 0.25) is 11.7 Å². The zero-order valence-electron chi connectivity index (χ0n) is 24.9. The van der Waals surface area contributed by atoms with Gasteiger partial charge < -0.3 is 25.0 Å². The van der Waals surface area contributed by atoms with Crippen molar-refractivity contribution >= 4 is 41.4 Å². The number of carbonyl (C=O) groups excluding carboxylic acids is 5. The Morgan fingerprint density at radius 3 is 2.33 bits per heavy atom. The molecule has 3 N–H and O–H groups in total. The van der Waals surface area contributed by atoms with Gasteiger partial charge in [-0.25, -0.2) is 4.79 Å². The van der Waals surface area contributed by atoms with Gasteiger partial charge in [0.05, 0.1) is 12.8 Å². The zero-order chi connectivity index (χ0) is 31.7. The second kappa shape index (κ2) is 12.2. The van der Waals surface area contributed by atoms with Crippen LogP contribution in [0.1, 0.15) is 91.4 Å². The monoisotopic (exact) mass is 603 g/mol. The highest BCUT2D eigenvalue weighted by Gasteiger charge is 2.68. The number of hydrogen-bond acceptors (Lipinski definition) is 9. The maximum atomic E-state index is 13.8. The fourth-order valence-corrected chi connectivity index (χ4v) is 8.68. The minimum absolute atomic E-state index is 0.0607. The summed E-state index contributed by atoms with van der Waals surface area (Å²) in [7, 11) is 0. The molecule has 0 radical (unpaired) electrons. The van der Waals surface area contributed by atoms with Crippen LogP contribution in [0.4, 0.5) is 0 Å². The summed E-state index contributed by atoms with van der Waals surface area (Å²) in [5.41, 5.74) is -0.956. The molecule has 0 aliphatic heterocycles. The van der Waals surface area contributed by atoms with Crippen molar-refractivity contribution in [2.75, 3.05) is 6.61 Å². The normalized spacial score (nSPS) is 33.5. The van der Waals surface area contributed by atoms with Crippen LogP contribution in [0.15, 0.2) is 11.6 Å². The third-order valence-corrected chi connectivity index (χ3v) is 10.8. The van der Waals surface area contributed by atoms with E-state index in [1.165, 1.54) is 12.5 Å². The van der Waals surface area contributed by atoms with Crippen molar-refractivity contribution in [2.45, 2.75) is 103 Å². The van der Waals surface area contributed by atoms with E-state index < -0.39 is 78.5 Å². The van der Waals surface area contributed by atoms with Crippen molar-refractivity contribution in [3.05, 3.63) is 11.6 Å². The molecule has 0 aromatic rings. The number of carboxylic acid groups (broad SMARTS) is 2. The Morgan fingerprint density at radius 1 is 0.977 bits per heavy atom. The molecule has 4 aliphatic rings. The number of ketones is 2. The number of hydrogen-bond donors (Lipinski definition) is 3. The summed E-state index contributed by atoms with van der Waals surface area (Å²) in [4.78, 5) is 84.8. The van der Waals surface area contributed by atoms with Crippen molar-refractivity contribution < 1.29 is 53.2 Å². The average Bonchev–Trinajstić information content (AvgIpc) is 3.22. The van der Waals surface area contributed by atoms with Crippen molar-refractivity contribution in [1.82, 2.24) is 5.32 Å². The smallest absolute Gasteiger partial charge is 0.326 e. The number of Topliss-reactive ketones (excluding diaryl/α,β-unsaturated/α-hetero) is 1. The Kier molecular flexibility index (Phi) is 9.18. The molecule has 4 aliphatic carbocycles. The van der Waals surface area contributed by atoms with Crippen molar-refractivity contribution in [3.8, 4) is 0 Å². The number of carboxylic acids is 2. The standard InChI is InChI=1S/C31H41NO11/c1-17(33)43-31(24(35)16-42-27(39)7-6-25(36)32-23(28(40)41)15-26(37)38)13-10-22-20-5-4-18-14-19(34)8-11-29(18,2)21(20)9-12-30(22,31)3/h14,20-23H,4-13,15-16H2,1-3H3,(H,32,36)(H,37,38)(H,40,41)/t20?,21?,22?,23?,29-,30-,31-/m0/s1. The average molecular weight is 604 g/mol. The maximum absolute atomic E-state index is 13.8. The number of fused-ring (bicyclic) bond motifs is 5. The summed E-state index contributed by atoms with van der Waals surface area (Å²) in [6.45, 7) is 4.88. The summed E-state index contributed by atoms with van der Waals surface area (Å²) in [5.74, 6) is -4.80. The largest absolute Gasteiger partial charge is 0.481 e. The quantitative estimate of drug-likeness (QED) is 0.294. The first kappa shape index (κ1) is 32.3. The third kappa shape index (κ3) is 6.10. The second-order valence-electron chi connectivity index (χ2n) is 13.0. The van der Waals surface area contributed by atoms with Crippen molar-refractivity contribution in [1.29, 1.82) is 0 Å². The molecule has 0 spiro atoms. The minimum Gasteiger partial charge on any atom is -0.481 e. The molecular weight excluding hydrogens is 562 g/mol. The maximum Gasteiger partial charge on any atom is 0.326 e. The molecule has 43 heavy (non-hydrogen) atoms. The highest BCUT2D eigenvalue weighted by molar-refractivity contribution is 5.94. The Morgan fingerprint density at radius 2 is 1.67 bits per heavy atom. The number of aliphatic carboxylic acids is 2. The number of allylic oxidation sites excluding steroid dienone is 1. The first-order valence-corrected chi connectivity index (χ1v) is 15.0. The first-order chi connectivity index (χ1) is 20.1. The predicted molar refractivity (Wildman–Crippen MR) is 148 cm³/mol. The molecule has 0 heterocycles. The number of nitrogens with one attached hydrogen (secondary N) is 1. The lowest BCUT2D eigenvalue weighted by Gasteiger charge is -2.59. The molecule has 7 atom stereocenters. The van der Waals surface area contributed by atoms with Crippen LogP contribution in [-0.2, 0) is 43.0 Å². The minimum atomic E-state index is -1.65. The predicted octanol–water partition coefficient (Wildman–Crippen LogP) is 2.76. The molecule has 236 valence electrons. The van der Waals surface area contributed by atoms with E-state index in [4.69, 9.17) is 19.7 Å². The summed E-state index contributed by atoms with van der Waals surface area (Å²) < 4.78 is 11.1. The van der Waals surface area contributed by atoms with E-state index in [9.17, 15) is 33.6 Å². The molecule has 12 nitrogen and oxygen atoms in total. The van der Waals surface area contributed by atoms with Gasteiger partial charge in [-0.15, -0.1) is 0 Å². The molecule has 12 heteroatoms. The highest BCUT2D eigenvalue weighted by atomic mass is 16.6. The molecule has 3 fully saturated rings. The lowest BCUT2D eigenvalue weighted by atomic mass is 9.46. The van der Waals surface area contributed by atoms with E-state index in [-0.39, 0.29) is 17.1 Å². The molecule has 0 aromatic carbocycles. The van der Waals surface area contributed by atoms with Crippen molar-refractivity contribution in [2.24, 2.45) is 28.6 Å². The van der Waals surface area contributed by atoms with Gasteiger partial charge in [-0.1, -0.05) is 19.4 Å². The van der Waals surface area contributed by atoms with Gasteiger partial charge in [0, 0.05) is 25.2 Å². The van der Waals surface area contributed by atoms with E-state index >= 15 is 0 Å². The molecule has 3 saturated carbocycles. The van der Waals surface area contributed by atoms with E-state index in [0.29, 0.717) is 37.5 Å². The third-order valence-electron chi connectivity index (χ3n) is 10.8. The van der Waals surface area contributed by atoms with Gasteiger partial charge in [-0.05, 0) is 74.2 Å². The number of esters is 2. The van der Waals surface area contributed by atoms with Gasteiger partial charge in [0.15, 0.2) is 18.0 Å². The van der Waals surface area contributed by atoms with Crippen LogP contribution in [0, 0.1) is 28.6 Å². The highest BCUT2D eigenvalue weighted by Crippen LogP contribution is 2.68. The Labute approximate surface area is 249 Å². The van der Waals surface area contributed by atoms with Crippen LogP contribution in [-0.4, -0.2) is 69.8 Å². The van der Waals surface area contributed by atoms with Crippen LogP contribution in [0.25, 0.3) is 0 Å². The Hall–Kier alpha value is -3.57. The van der Waals surface area contributed by atoms with Crippen LogP contribution in [0.5, 0.6) is 0 Å². The zero-order valence-corrected chi connectivity index (χ0v) is 24.9. The number of amides is 1. The second-order valence-corrected chi connectivity index (χ2v) is 13.0. The van der Waals surface area contributed by atoms with Crippen LogP contribution >= 0.6 is 0 Å². The van der Waals surface area contributed by atoms with Crippen LogP contribution in [0.2, 0.25) is 0 Å². The van der Waals surface area contributed by atoms with Gasteiger partial charge in [-0.3, -0.25) is 28.8 Å². The molecule has 4 rings (SSSR count). The SMILES string of the molecule is CC(=O)O[C@]1(C(=O)COC(=O)CCC(=O)NC(CC(=O)O)C(=O)O)CCC2C3CCC4=CC(=O)CC[C@]4(C)C3CC[C@@]21C. The van der Waals surface area contributed by atoms with Gasteiger partial charge in [0.1, 0.15) is 6.04 Å². The number of carbonyl (C=O) groups is 7. The van der Waals surface area contributed by atoms with E-state index in [2.05, 4.69) is 6.92 Å². The lowest BCUT2D eigenvalue weighted by Crippen LogP contribution is -2.59. The van der Waals surface area contributed by atoms with Gasteiger partial charge >= 0.3 is 23.9 Å². The van der Waals surface area contributed by atoms with Gasteiger partial charge in [-0.2, -0.15) is 0 Å². The fraction of sp³-hybridized carbons (Fsp3) is 0.710. The molecule has 4 unspecified atom stereocenters. The number of ether oxygens (including phenoxy) is 2. The van der Waals surface area contributed by atoms with E-state index in [1.54, 1.807) is 0 Å². The van der Waals surface area contributed by atoms with Gasteiger partial charge in [0.25, 0.3) is 0 Å². The summed E-state index contributed by atoms with van der Waals surface area (Å²) in [5, 5.41) is 19.9. The molecule has 0 bridgehead atoms. The summed E-state index contributed by atoms with van der Waals surface area (Å²) in [6, 6.07) is -1.65. The Balaban J connectivity index is 1.42. The molecule has 1 amide bonds. The Bertz CT molecular complexity index is 1260. The summed E-state index contributed by atoms with van der Waals surface area (Å²) in [6.07, 6.45) is 5.65. The molecule has 0 saturated heterocycles. The first-order valence-electron chi connectivity index (χ1n) is 15.0. The van der Waals surface area contributed by atoms with Crippen LogP contribution in [0.3, 0.4) is 0 Å². The topological polar surface area (TPSA) is 190 Å². The van der Waals surface area contributed by atoms with Crippen LogP contribution < -0.4 is 5.32 Å². The fourth-order valence-electron chi connectivity index (χ4n) is 8.68. The lowest BCUT2D eigenvalue weighted by molar-refractivity contribution is -0.191. The van der Waals surface area contributed by atoms with Crippen molar-refractivity contribution in [3.63, 3.8) is 0 Å². The van der Waals surface area contributed by atoms with E-state index in [0.717, 1.165) is 25.7 Å².